The van der Waals surface area contributed by atoms with Gasteiger partial charge in [-0.2, -0.15) is 13.2 Å². The van der Waals surface area contributed by atoms with Crippen LogP contribution in [0.3, 0.4) is 0 Å². The van der Waals surface area contributed by atoms with Crippen LogP contribution in [-0.2, 0) is 6.18 Å². The van der Waals surface area contributed by atoms with E-state index in [1.54, 1.807) is 0 Å². The van der Waals surface area contributed by atoms with Crippen LogP contribution in [0, 0.1) is 0 Å². The van der Waals surface area contributed by atoms with Gasteiger partial charge in [0.05, 0.1) is 10.4 Å². The summed E-state index contributed by atoms with van der Waals surface area (Å²) in [7, 11) is 0. The van der Waals surface area contributed by atoms with Crippen LogP contribution in [0.15, 0.2) is 24.3 Å². The second-order valence-electron chi connectivity index (χ2n) is 3.19. The van der Waals surface area contributed by atoms with E-state index in [2.05, 4.69) is 0 Å². The van der Waals surface area contributed by atoms with Gasteiger partial charge in [-0.25, -0.2) is 0 Å². The first-order chi connectivity index (χ1) is 7.39. The maximum absolute atomic E-state index is 12.6. The largest absolute Gasteiger partial charge is 0.417 e. The molecule has 84 valence electrons. The molecule has 0 spiro atoms. The Morgan fingerprint density at radius 1 is 1.31 bits per heavy atom. The molecule has 1 amide bonds. The van der Waals surface area contributed by atoms with E-state index in [4.69, 9.17) is 5.73 Å². The number of benzene rings is 1. The lowest BCUT2D eigenvalue weighted by Crippen LogP contribution is -2.08. The zero-order valence-corrected chi connectivity index (χ0v) is 8.65. The van der Waals surface area contributed by atoms with Crippen molar-refractivity contribution in [3.8, 4) is 0 Å². The van der Waals surface area contributed by atoms with Gasteiger partial charge in [-0.05, 0) is 18.2 Å². The molecule has 2 nitrogen and oxygen atoms in total. The van der Waals surface area contributed by atoms with Crippen LogP contribution in [0.1, 0.15) is 15.2 Å². The van der Waals surface area contributed by atoms with Gasteiger partial charge in [0.15, 0.2) is 0 Å². The van der Waals surface area contributed by atoms with Gasteiger partial charge in [-0.1, -0.05) is 6.07 Å². The number of halogens is 3. The van der Waals surface area contributed by atoms with Gasteiger partial charge in [0.2, 0.25) is 0 Å². The molecule has 0 saturated carbocycles. The lowest BCUT2D eigenvalue weighted by atomic mass is 10.1. The van der Waals surface area contributed by atoms with Crippen molar-refractivity contribution >= 4 is 27.3 Å². The molecule has 0 atom stereocenters. The average Bonchev–Trinajstić information content (AvgIpc) is 2.58. The molecule has 0 radical (unpaired) electrons. The number of amides is 1. The zero-order chi connectivity index (χ0) is 11.9. The topological polar surface area (TPSA) is 43.1 Å². The third-order valence-electron chi connectivity index (χ3n) is 2.11. The molecule has 0 unspecified atom stereocenters. The number of carbonyl (C=O) groups is 1. The quantitative estimate of drug-likeness (QED) is 0.824. The second-order valence-corrected chi connectivity index (χ2v) is 4.27. The molecular weight excluding hydrogens is 239 g/mol. The fourth-order valence-corrected chi connectivity index (χ4v) is 2.37. The zero-order valence-electron chi connectivity index (χ0n) is 7.84. The minimum atomic E-state index is -4.42. The van der Waals surface area contributed by atoms with E-state index < -0.39 is 17.6 Å². The number of thiophene rings is 1. The number of rotatable bonds is 1. The molecule has 0 aliphatic heterocycles. The Morgan fingerprint density at radius 2 is 2.00 bits per heavy atom. The Balaban J connectivity index is 2.73. The van der Waals surface area contributed by atoms with Crippen LogP contribution in [0.4, 0.5) is 13.2 Å². The summed E-state index contributed by atoms with van der Waals surface area (Å²) in [6, 6.07) is 5.01. The van der Waals surface area contributed by atoms with Gasteiger partial charge < -0.3 is 5.73 Å². The number of carbonyl (C=O) groups excluding carboxylic acids is 1. The van der Waals surface area contributed by atoms with Crippen molar-refractivity contribution in [2.75, 3.05) is 0 Å². The van der Waals surface area contributed by atoms with E-state index in [1.807, 2.05) is 0 Å². The smallest absolute Gasteiger partial charge is 0.365 e. The third-order valence-corrected chi connectivity index (χ3v) is 3.22. The van der Waals surface area contributed by atoms with E-state index in [1.165, 1.54) is 18.2 Å². The summed E-state index contributed by atoms with van der Waals surface area (Å²) in [6.45, 7) is 0. The first-order valence-corrected chi connectivity index (χ1v) is 5.11. The maximum atomic E-state index is 12.6. The predicted octanol–water partition coefficient (Wildman–Crippen LogP) is 3.02. The van der Waals surface area contributed by atoms with Crippen molar-refractivity contribution in [3.05, 3.63) is 34.7 Å². The molecule has 1 heterocycles. The summed E-state index contributed by atoms with van der Waals surface area (Å²) in [6.07, 6.45) is -4.42. The van der Waals surface area contributed by atoms with Crippen LogP contribution in [0.25, 0.3) is 10.1 Å². The molecule has 16 heavy (non-hydrogen) atoms. The SMILES string of the molecule is NC(=O)c1cc2c(C(F)(F)F)cccc2s1. The first-order valence-electron chi connectivity index (χ1n) is 4.29. The highest BCUT2D eigenvalue weighted by molar-refractivity contribution is 7.20. The molecule has 0 bridgehead atoms. The third kappa shape index (κ3) is 1.76. The van der Waals surface area contributed by atoms with Crippen molar-refractivity contribution in [2.24, 2.45) is 5.73 Å². The lowest BCUT2D eigenvalue weighted by Gasteiger charge is -2.06. The van der Waals surface area contributed by atoms with Crippen LogP contribution in [0.2, 0.25) is 0 Å². The number of fused-ring (bicyclic) bond motifs is 1. The molecule has 0 aliphatic rings. The van der Waals surface area contributed by atoms with Crippen LogP contribution >= 0.6 is 11.3 Å². The minimum Gasteiger partial charge on any atom is -0.365 e. The Hall–Kier alpha value is -1.56. The highest BCUT2D eigenvalue weighted by Crippen LogP contribution is 2.37. The molecule has 0 saturated heterocycles. The molecule has 2 aromatic rings. The molecular formula is C10H6F3NOS. The number of alkyl halides is 3. The van der Waals surface area contributed by atoms with Gasteiger partial charge in [0.1, 0.15) is 0 Å². The highest BCUT2D eigenvalue weighted by Gasteiger charge is 2.32. The average molecular weight is 245 g/mol. The monoisotopic (exact) mass is 245 g/mol. The minimum absolute atomic E-state index is 0.0220. The van der Waals surface area contributed by atoms with Crippen molar-refractivity contribution in [1.29, 1.82) is 0 Å². The summed E-state index contributed by atoms with van der Waals surface area (Å²) in [5, 5.41) is 0.0220. The number of nitrogens with two attached hydrogens (primary N) is 1. The molecule has 2 rings (SSSR count). The van der Waals surface area contributed by atoms with E-state index in [0.29, 0.717) is 4.70 Å². The Kier molecular flexibility index (Phi) is 2.38. The van der Waals surface area contributed by atoms with Crippen LogP contribution < -0.4 is 5.73 Å². The lowest BCUT2D eigenvalue weighted by molar-refractivity contribution is -0.136. The normalized spacial score (nSPS) is 11.9. The summed E-state index contributed by atoms with van der Waals surface area (Å²) in [4.78, 5) is 11.0. The standard InChI is InChI=1S/C10H6F3NOS/c11-10(12,13)6-2-1-3-7-5(6)4-8(16-7)9(14)15/h1-4H,(H2,14,15). The maximum Gasteiger partial charge on any atom is 0.417 e. The summed E-state index contributed by atoms with van der Waals surface area (Å²) >= 11 is 0.961. The van der Waals surface area contributed by atoms with E-state index >= 15 is 0 Å². The van der Waals surface area contributed by atoms with Gasteiger partial charge in [-0.3, -0.25) is 4.79 Å². The first kappa shape index (κ1) is 10.9. The molecule has 1 aromatic carbocycles. The summed E-state index contributed by atoms with van der Waals surface area (Å²) in [5.74, 6) is -0.714. The van der Waals surface area contributed by atoms with Crippen molar-refractivity contribution in [3.63, 3.8) is 0 Å². The molecule has 0 fully saturated rings. The molecule has 1 aromatic heterocycles. The summed E-state index contributed by atoms with van der Waals surface area (Å²) < 4.78 is 38.3. The van der Waals surface area contributed by atoms with E-state index in [9.17, 15) is 18.0 Å². The Labute approximate surface area is 92.5 Å². The van der Waals surface area contributed by atoms with Gasteiger partial charge in [-0.15, -0.1) is 11.3 Å². The van der Waals surface area contributed by atoms with E-state index in [0.717, 1.165) is 17.4 Å². The van der Waals surface area contributed by atoms with E-state index in [-0.39, 0.29) is 10.3 Å². The van der Waals surface area contributed by atoms with Gasteiger partial charge in [0.25, 0.3) is 5.91 Å². The second kappa shape index (κ2) is 3.48. The van der Waals surface area contributed by atoms with Crippen LogP contribution in [-0.4, -0.2) is 5.91 Å². The fraction of sp³-hybridized carbons (Fsp3) is 0.100. The number of hydrogen-bond acceptors (Lipinski definition) is 2. The predicted molar refractivity (Wildman–Crippen MR) is 55.3 cm³/mol. The molecule has 2 N–H and O–H groups in total. The van der Waals surface area contributed by atoms with Crippen LogP contribution in [0.5, 0.6) is 0 Å². The van der Waals surface area contributed by atoms with Crippen molar-refractivity contribution in [2.45, 2.75) is 6.18 Å². The summed E-state index contributed by atoms with van der Waals surface area (Å²) in [5.41, 5.74) is 4.29. The Morgan fingerprint density at radius 3 is 2.56 bits per heavy atom. The number of primary amides is 1. The fourth-order valence-electron chi connectivity index (χ4n) is 1.43. The van der Waals surface area contributed by atoms with Crippen molar-refractivity contribution in [1.82, 2.24) is 0 Å². The molecule has 6 heteroatoms. The van der Waals surface area contributed by atoms with Crippen molar-refractivity contribution < 1.29 is 18.0 Å². The van der Waals surface area contributed by atoms with Gasteiger partial charge >= 0.3 is 6.18 Å². The Bertz CT molecular complexity index is 559. The number of hydrogen-bond donors (Lipinski definition) is 1. The highest BCUT2D eigenvalue weighted by atomic mass is 32.1. The molecule has 0 aliphatic carbocycles. The van der Waals surface area contributed by atoms with Gasteiger partial charge in [0, 0.05) is 10.1 Å².